The van der Waals surface area contributed by atoms with Crippen molar-refractivity contribution < 1.29 is 19.8 Å². The SMILES string of the molecule is C/C=c1\c(C)c2[nH]\c1=C/c1[nH]c(c(CCC(=O)O)c1C)/C=c1\[nH]/c(c(C)c1CCC(=O)O)=C\c1[nH]c(/c(=C/C)c1C)=C\2. The first-order chi connectivity index (χ1) is 20.0. The number of carboxylic acid groups (broad SMARTS) is 2. The molecular formula is C34H38N4O4. The van der Waals surface area contributed by atoms with Crippen LogP contribution < -0.4 is 31.8 Å². The van der Waals surface area contributed by atoms with Crippen LogP contribution in [0.5, 0.6) is 0 Å². The van der Waals surface area contributed by atoms with Gasteiger partial charge in [0.25, 0.3) is 0 Å². The summed E-state index contributed by atoms with van der Waals surface area (Å²) in [6.45, 7) is 12.3. The Balaban J connectivity index is 1.94. The molecule has 4 aromatic heterocycles. The molecule has 6 N–H and O–H groups in total. The lowest BCUT2D eigenvalue weighted by Gasteiger charge is -2.01. The van der Waals surface area contributed by atoms with Crippen molar-refractivity contribution in [2.45, 2.75) is 67.2 Å². The van der Waals surface area contributed by atoms with Gasteiger partial charge in [-0.15, -0.1) is 0 Å². The van der Waals surface area contributed by atoms with Crippen LogP contribution in [0.4, 0.5) is 0 Å². The molecule has 0 atom stereocenters. The summed E-state index contributed by atoms with van der Waals surface area (Å²) in [6, 6.07) is 0. The second-order valence-electron chi connectivity index (χ2n) is 11.0. The van der Waals surface area contributed by atoms with Crippen molar-refractivity contribution in [1.82, 2.24) is 19.9 Å². The van der Waals surface area contributed by atoms with Crippen LogP contribution in [-0.2, 0) is 22.4 Å². The molecule has 0 aliphatic carbocycles. The molecule has 5 heterocycles. The van der Waals surface area contributed by atoms with E-state index in [1.165, 1.54) is 0 Å². The molecule has 4 aromatic rings. The number of aliphatic carboxylic acids is 2. The van der Waals surface area contributed by atoms with E-state index >= 15 is 0 Å². The third-order valence-electron chi connectivity index (χ3n) is 8.55. The van der Waals surface area contributed by atoms with Gasteiger partial charge in [-0.1, -0.05) is 12.2 Å². The van der Waals surface area contributed by atoms with Gasteiger partial charge in [0, 0.05) is 57.0 Å². The minimum absolute atomic E-state index is 0.00727. The minimum Gasteiger partial charge on any atom is -0.481 e. The Hall–Kier alpha value is -4.72. The van der Waals surface area contributed by atoms with Crippen LogP contribution in [0.3, 0.4) is 0 Å². The number of aromatic amines is 4. The number of H-pyrrole nitrogens is 4. The first-order valence-electron chi connectivity index (χ1n) is 14.3. The van der Waals surface area contributed by atoms with Gasteiger partial charge in [0.05, 0.1) is 0 Å². The van der Waals surface area contributed by atoms with Crippen molar-refractivity contribution >= 4 is 48.4 Å². The Kier molecular flexibility index (Phi) is 7.73. The van der Waals surface area contributed by atoms with E-state index in [-0.39, 0.29) is 12.8 Å². The lowest BCUT2D eigenvalue weighted by atomic mass is 10.0. The number of hydrogen-bond acceptors (Lipinski definition) is 2. The van der Waals surface area contributed by atoms with Crippen molar-refractivity contribution in [3.05, 3.63) is 88.0 Å². The zero-order valence-electron chi connectivity index (χ0n) is 25.0. The molecule has 0 spiro atoms. The Morgan fingerprint density at radius 1 is 0.571 bits per heavy atom. The smallest absolute Gasteiger partial charge is 0.303 e. The van der Waals surface area contributed by atoms with Crippen molar-refractivity contribution in [3.63, 3.8) is 0 Å². The maximum Gasteiger partial charge on any atom is 0.303 e. The summed E-state index contributed by atoms with van der Waals surface area (Å²) in [6.07, 6.45) is 13.3. The Morgan fingerprint density at radius 3 is 1.52 bits per heavy atom. The van der Waals surface area contributed by atoms with Gasteiger partial charge in [0.2, 0.25) is 0 Å². The zero-order chi connectivity index (χ0) is 30.3. The molecular weight excluding hydrogens is 528 g/mol. The molecule has 0 amide bonds. The van der Waals surface area contributed by atoms with Gasteiger partial charge >= 0.3 is 11.9 Å². The first kappa shape index (κ1) is 28.8. The Bertz CT molecular complexity index is 2110. The number of carbonyl (C=O) groups is 2. The van der Waals surface area contributed by atoms with Crippen LogP contribution in [0.15, 0.2) is 0 Å². The Morgan fingerprint density at radius 2 is 1.02 bits per heavy atom. The summed E-state index contributed by atoms with van der Waals surface area (Å²) < 4.78 is 0. The third kappa shape index (κ3) is 5.20. The van der Waals surface area contributed by atoms with Crippen LogP contribution in [0.2, 0.25) is 0 Å². The molecule has 8 bridgehead atoms. The second-order valence-corrected chi connectivity index (χ2v) is 11.0. The van der Waals surface area contributed by atoms with E-state index in [0.717, 1.165) is 88.0 Å². The number of nitrogens with one attached hydrogen (secondary N) is 4. The van der Waals surface area contributed by atoms with Crippen LogP contribution in [0.1, 0.15) is 82.8 Å². The third-order valence-corrected chi connectivity index (χ3v) is 8.55. The van der Waals surface area contributed by atoms with E-state index in [1.54, 1.807) is 0 Å². The molecule has 0 fully saturated rings. The molecule has 0 saturated heterocycles. The fourth-order valence-corrected chi connectivity index (χ4v) is 6.15. The van der Waals surface area contributed by atoms with E-state index in [9.17, 15) is 19.8 Å². The number of aromatic nitrogens is 4. The summed E-state index contributed by atoms with van der Waals surface area (Å²) >= 11 is 0. The molecule has 1 aliphatic rings. The van der Waals surface area contributed by atoms with Gasteiger partial charge in [0.1, 0.15) is 0 Å². The van der Waals surface area contributed by atoms with Crippen molar-refractivity contribution in [2.75, 3.05) is 0 Å². The van der Waals surface area contributed by atoms with Gasteiger partial charge in [-0.3, -0.25) is 9.59 Å². The minimum atomic E-state index is -0.854. The van der Waals surface area contributed by atoms with E-state index in [0.29, 0.717) is 12.8 Å². The summed E-state index contributed by atoms with van der Waals surface area (Å²) in [5.41, 5.74) is 9.79. The van der Waals surface area contributed by atoms with Crippen molar-refractivity contribution in [3.8, 4) is 0 Å². The first-order valence-corrected chi connectivity index (χ1v) is 14.3. The van der Waals surface area contributed by atoms with E-state index < -0.39 is 11.9 Å². The summed E-state index contributed by atoms with van der Waals surface area (Å²) in [5, 5.41) is 24.9. The molecule has 0 radical (unpaired) electrons. The van der Waals surface area contributed by atoms with E-state index in [1.807, 2.05) is 33.8 Å². The van der Waals surface area contributed by atoms with E-state index in [2.05, 4.69) is 64.2 Å². The molecule has 5 rings (SSSR count). The van der Waals surface area contributed by atoms with Crippen LogP contribution in [0, 0.1) is 27.7 Å². The van der Waals surface area contributed by atoms with Gasteiger partial charge in [-0.2, -0.15) is 0 Å². The number of carboxylic acids is 2. The fraction of sp³-hybridized carbons (Fsp3) is 0.294. The maximum absolute atomic E-state index is 11.5. The molecule has 0 unspecified atom stereocenters. The fourth-order valence-electron chi connectivity index (χ4n) is 6.15. The van der Waals surface area contributed by atoms with Gasteiger partial charge < -0.3 is 30.1 Å². The molecule has 0 aromatic carbocycles. The van der Waals surface area contributed by atoms with Crippen molar-refractivity contribution in [1.29, 1.82) is 0 Å². The van der Waals surface area contributed by atoms with Crippen LogP contribution in [-0.4, -0.2) is 42.1 Å². The van der Waals surface area contributed by atoms with Gasteiger partial charge in [-0.05, 0) is 123 Å². The highest BCUT2D eigenvalue weighted by atomic mass is 16.4. The highest BCUT2D eigenvalue weighted by Gasteiger charge is 2.16. The monoisotopic (exact) mass is 566 g/mol. The summed E-state index contributed by atoms with van der Waals surface area (Å²) in [7, 11) is 0. The quantitative estimate of drug-likeness (QED) is 0.186. The highest BCUT2D eigenvalue weighted by Crippen LogP contribution is 2.22. The molecule has 8 nitrogen and oxygen atoms in total. The van der Waals surface area contributed by atoms with E-state index in [4.69, 9.17) is 0 Å². The molecule has 8 heteroatoms. The molecule has 42 heavy (non-hydrogen) atoms. The zero-order valence-corrected chi connectivity index (χ0v) is 25.0. The number of rotatable bonds is 6. The second kappa shape index (κ2) is 11.3. The Labute approximate surface area is 243 Å². The largest absolute Gasteiger partial charge is 0.481 e. The van der Waals surface area contributed by atoms with Crippen molar-refractivity contribution in [2.24, 2.45) is 0 Å². The lowest BCUT2D eigenvalue weighted by molar-refractivity contribution is -0.138. The molecule has 0 saturated carbocycles. The van der Waals surface area contributed by atoms with Gasteiger partial charge in [0.15, 0.2) is 0 Å². The summed E-state index contributed by atoms with van der Waals surface area (Å²) in [4.78, 5) is 37.4. The van der Waals surface area contributed by atoms with Crippen LogP contribution in [0.25, 0.3) is 36.5 Å². The normalized spacial score (nSPS) is 16.6. The average Bonchev–Trinajstić information content (AvgIpc) is 3.59. The lowest BCUT2D eigenvalue weighted by Crippen LogP contribution is -2.24. The average molecular weight is 567 g/mol. The number of hydrogen-bond donors (Lipinski definition) is 6. The standard InChI is InChI=1S/C34H38N4O4/c1-7-21-17(3)25-13-26-19(5)23(9-11-33(39)40)31(37-26)16-32-24(10-12-34(41)42)20(6)28(38-32)15-30-22(8-2)18(4)27(36-30)14-29(21)35-25/h7-8,13-16,35-38H,9-12H2,1-6H3,(H,39,40)(H,41,42)/b21-7+,22-8+,26-13-,29-14-,30-15-,31-16-. The highest BCUT2D eigenvalue weighted by molar-refractivity contribution is 5.69. The predicted molar refractivity (Wildman–Crippen MR) is 166 cm³/mol. The number of fused-ring (bicyclic) bond motifs is 8. The molecule has 1 aliphatic heterocycles. The summed E-state index contributed by atoms with van der Waals surface area (Å²) in [5.74, 6) is -1.71. The van der Waals surface area contributed by atoms with Crippen LogP contribution >= 0.6 is 0 Å². The topological polar surface area (TPSA) is 138 Å². The van der Waals surface area contributed by atoms with Gasteiger partial charge in [-0.25, -0.2) is 0 Å². The maximum atomic E-state index is 11.5. The molecule has 218 valence electrons. The predicted octanol–water partition coefficient (Wildman–Crippen LogP) is 1.50.